The molecule has 7 rings (SSSR count). The van der Waals surface area contributed by atoms with Gasteiger partial charge in [-0.1, -0.05) is 83.9 Å². The number of para-hydroxylation sites is 4. The molecule has 0 unspecified atom stereocenters. The molecule has 0 aromatic heterocycles. The zero-order chi connectivity index (χ0) is 38.3. The highest BCUT2D eigenvalue weighted by atomic mass is 35.5. The maximum Gasteiger partial charge on any atom is 0.573 e. The fourth-order valence-corrected chi connectivity index (χ4v) is 8.61. The lowest BCUT2D eigenvalue weighted by atomic mass is 10.0. The van der Waals surface area contributed by atoms with Crippen molar-refractivity contribution in [1.82, 2.24) is 4.72 Å². The second-order valence-electron chi connectivity index (χ2n) is 13.0. The van der Waals surface area contributed by atoms with Crippen LogP contribution in [0, 0.1) is 0 Å². The SMILES string of the molecule is Cl.NCCCN1c2ccccc2CCc2cccc(Cl)c21.O=S(=O)(NCCCN1c2ccccc2CCc2cccc(Cl)c21)c1ccc(OC(F)(F)F)cc1. The highest BCUT2D eigenvalue weighted by Gasteiger charge is 2.31. The Hall–Kier alpha value is -3.97. The van der Waals surface area contributed by atoms with E-state index in [0.29, 0.717) is 24.5 Å². The van der Waals surface area contributed by atoms with Crippen LogP contribution in [-0.4, -0.2) is 41.0 Å². The van der Waals surface area contributed by atoms with Crippen LogP contribution >= 0.6 is 35.6 Å². The molecule has 14 heteroatoms. The first kappa shape index (κ1) is 42.2. The van der Waals surface area contributed by atoms with Gasteiger partial charge in [0.25, 0.3) is 0 Å². The molecule has 0 fully saturated rings. The van der Waals surface area contributed by atoms with E-state index in [9.17, 15) is 21.6 Å². The number of hydrogen-bond acceptors (Lipinski definition) is 6. The smallest absolute Gasteiger partial charge is 0.406 e. The molecule has 292 valence electrons. The molecule has 2 aliphatic rings. The summed E-state index contributed by atoms with van der Waals surface area (Å²) in [4.78, 5) is 4.32. The van der Waals surface area contributed by atoms with E-state index in [1.165, 1.54) is 22.4 Å². The van der Waals surface area contributed by atoms with Gasteiger partial charge in [-0.2, -0.15) is 0 Å². The van der Waals surface area contributed by atoms with Crippen LogP contribution < -0.4 is 25.0 Å². The number of sulfonamides is 1. The Morgan fingerprint density at radius 2 is 1.11 bits per heavy atom. The molecule has 7 nitrogen and oxygen atoms in total. The van der Waals surface area contributed by atoms with Crippen LogP contribution in [0.15, 0.2) is 114 Å². The Balaban J connectivity index is 0.000000235. The van der Waals surface area contributed by atoms with Gasteiger partial charge < -0.3 is 20.3 Å². The Morgan fingerprint density at radius 1 is 0.655 bits per heavy atom. The summed E-state index contributed by atoms with van der Waals surface area (Å²) in [5.41, 5.74) is 15.1. The van der Waals surface area contributed by atoms with Gasteiger partial charge in [0.15, 0.2) is 0 Å². The van der Waals surface area contributed by atoms with Gasteiger partial charge in [-0.3, -0.25) is 0 Å². The number of nitrogens with zero attached hydrogens (tertiary/aromatic N) is 2. The van der Waals surface area contributed by atoms with Crippen molar-refractivity contribution < 1.29 is 26.3 Å². The molecule has 0 saturated carbocycles. The minimum absolute atomic E-state index is 0. The predicted molar refractivity (Wildman–Crippen MR) is 218 cm³/mol. The lowest BCUT2D eigenvalue weighted by Gasteiger charge is -2.28. The monoisotopic (exact) mass is 832 g/mol. The van der Waals surface area contributed by atoms with Crippen molar-refractivity contribution in [2.24, 2.45) is 5.73 Å². The largest absolute Gasteiger partial charge is 0.573 e. The minimum Gasteiger partial charge on any atom is -0.406 e. The zero-order valence-electron chi connectivity index (χ0n) is 29.9. The normalized spacial score (nSPS) is 13.4. The van der Waals surface area contributed by atoms with E-state index in [4.69, 9.17) is 28.9 Å². The molecule has 0 saturated heterocycles. The number of nitrogens with one attached hydrogen (secondary N) is 1. The second kappa shape index (κ2) is 18.8. The number of ether oxygens (including phenoxy) is 1. The molecule has 55 heavy (non-hydrogen) atoms. The Kier molecular flexibility index (Phi) is 14.4. The third-order valence-electron chi connectivity index (χ3n) is 9.38. The first-order chi connectivity index (χ1) is 25.9. The van der Waals surface area contributed by atoms with Gasteiger partial charge >= 0.3 is 6.36 Å². The van der Waals surface area contributed by atoms with Gasteiger partial charge in [0, 0.05) is 31.0 Å². The highest BCUT2D eigenvalue weighted by molar-refractivity contribution is 7.89. The molecular formula is C41H42Cl3F3N4O3S. The van der Waals surface area contributed by atoms with Crippen molar-refractivity contribution in [3.05, 3.63) is 141 Å². The van der Waals surface area contributed by atoms with Crippen molar-refractivity contribution >= 4 is 68.4 Å². The quantitative estimate of drug-likeness (QED) is 0.136. The maximum absolute atomic E-state index is 12.6. The molecule has 0 radical (unpaired) electrons. The summed E-state index contributed by atoms with van der Waals surface area (Å²) in [6, 6.07) is 32.8. The Morgan fingerprint density at radius 3 is 1.60 bits per heavy atom. The molecule has 2 heterocycles. The van der Waals surface area contributed by atoms with E-state index in [-0.39, 0.29) is 23.8 Å². The molecule has 0 atom stereocenters. The average Bonchev–Trinajstić information content (AvgIpc) is 3.42. The van der Waals surface area contributed by atoms with E-state index in [1.54, 1.807) is 0 Å². The average molecular weight is 834 g/mol. The van der Waals surface area contributed by atoms with E-state index < -0.39 is 22.1 Å². The number of rotatable bonds is 10. The molecule has 2 aliphatic heterocycles. The highest BCUT2D eigenvalue weighted by Crippen LogP contribution is 2.41. The van der Waals surface area contributed by atoms with Crippen molar-refractivity contribution in [3.63, 3.8) is 0 Å². The van der Waals surface area contributed by atoms with Crippen LogP contribution in [0.25, 0.3) is 0 Å². The van der Waals surface area contributed by atoms with Crippen LogP contribution in [0.4, 0.5) is 35.9 Å². The summed E-state index contributed by atoms with van der Waals surface area (Å²) in [5, 5.41) is 1.46. The van der Waals surface area contributed by atoms with Gasteiger partial charge in [0.2, 0.25) is 10.0 Å². The zero-order valence-corrected chi connectivity index (χ0v) is 33.0. The summed E-state index contributed by atoms with van der Waals surface area (Å²) in [6.45, 7) is 2.26. The first-order valence-electron chi connectivity index (χ1n) is 17.8. The fraction of sp³-hybridized carbons (Fsp3) is 0.268. The van der Waals surface area contributed by atoms with Gasteiger partial charge in [-0.05, 0) is 116 Å². The second-order valence-corrected chi connectivity index (χ2v) is 15.5. The molecular weight excluding hydrogens is 792 g/mol. The van der Waals surface area contributed by atoms with Crippen LogP contribution in [-0.2, 0) is 35.7 Å². The third kappa shape index (κ3) is 10.5. The lowest BCUT2D eigenvalue weighted by molar-refractivity contribution is -0.274. The summed E-state index contributed by atoms with van der Waals surface area (Å²) >= 11 is 13.0. The summed E-state index contributed by atoms with van der Waals surface area (Å²) in [5.74, 6) is -0.484. The Bertz CT molecular complexity index is 2170. The number of nitrogens with two attached hydrogens (primary N) is 1. The van der Waals surface area contributed by atoms with Gasteiger partial charge in [-0.25, -0.2) is 13.1 Å². The lowest BCUT2D eigenvalue weighted by Crippen LogP contribution is -2.28. The summed E-state index contributed by atoms with van der Waals surface area (Å²) in [7, 11) is -3.89. The van der Waals surface area contributed by atoms with E-state index in [0.717, 1.165) is 90.6 Å². The number of alkyl halides is 3. The molecule has 0 spiro atoms. The molecule has 0 bridgehead atoms. The van der Waals surface area contributed by atoms with Crippen LogP contribution in [0.1, 0.15) is 35.1 Å². The predicted octanol–water partition coefficient (Wildman–Crippen LogP) is 10.2. The van der Waals surface area contributed by atoms with E-state index >= 15 is 0 Å². The van der Waals surface area contributed by atoms with Crippen LogP contribution in [0.5, 0.6) is 5.75 Å². The number of halogens is 6. The third-order valence-corrected chi connectivity index (χ3v) is 11.5. The van der Waals surface area contributed by atoms with Gasteiger partial charge in [0.1, 0.15) is 5.75 Å². The number of anilines is 4. The first-order valence-corrected chi connectivity index (χ1v) is 20.0. The topological polar surface area (TPSA) is 87.9 Å². The summed E-state index contributed by atoms with van der Waals surface area (Å²) < 4.78 is 68.4. The number of aryl methyl sites for hydroxylation is 4. The van der Waals surface area contributed by atoms with Crippen molar-refractivity contribution in [2.45, 2.75) is 49.8 Å². The number of benzene rings is 5. The van der Waals surface area contributed by atoms with Crippen molar-refractivity contribution in [3.8, 4) is 5.75 Å². The fourth-order valence-electron chi connectivity index (χ4n) is 6.94. The van der Waals surface area contributed by atoms with Crippen LogP contribution in [0.2, 0.25) is 10.0 Å². The van der Waals surface area contributed by atoms with Crippen molar-refractivity contribution in [2.75, 3.05) is 36.0 Å². The Labute approximate surface area is 336 Å². The molecule has 5 aromatic carbocycles. The molecule has 3 N–H and O–H groups in total. The van der Waals surface area contributed by atoms with E-state index in [1.807, 2.05) is 42.5 Å². The minimum atomic E-state index is -4.84. The van der Waals surface area contributed by atoms with Gasteiger partial charge in [-0.15, -0.1) is 25.6 Å². The molecule has 0 aliphatic carbocycles. The van der Waals surface area contributed by atoms with Gasteiger partial charge in [0.05, 0.1) is 26.3 Å². The van der Waals surface area contributed by atoms with Crippen LogP contribution in [0.3, 0.4) is 0 Å². The molecule has 5 aromatic rings. The number of fused-ring (bicyclic) bond motifs is 4. The number of hydrogen-bond donors (Lipinski definition) is 2. The maximum atomic E-state index is 12.6. The molecule has 0 amide bonds. The van der Waals surface area contributed by atoms with Crippen molar-refractivity contribution in [1.29, 1.82) is 0 Å². The van der Waals surface area contributed by atoms with E-state index in [2.05, 4.69) is 61.7 Å². The standard InChI is InChI=1S/C24H22ClF3N2O3S.C17H19ClN2.ClH/c25-21-7-3-6-18-10-9-17-5-1-2-8-22(17)30(23(18)21)16-4-15-29-34(31,32)20-13-11-19(12-14-20)33-24(26,27)28;18-15-7-3-6-14-10-9-13-5-1-2-8-16(13)20(17(14)15)12-4-11-19;/h1-3,5-8,11-14,29H,4,9-10,15-16H2;1-3,5-8H,4,9-12,19H2;1H. The summed E-state index contributed by atoms with van der Waals surface area (Å²) in [6.07, 6.45) is 0.415.